The molecule has 1 aromatic rings. The first-order chi connectivity index (χ1) is 7.65. The van der Waals surface area contributed by atoms with Crippen molar-refractivity contribution < 1.29 is 9.53 Å². The molecule has 0 fully saturated rings. The summed E-state index contributed by atoms with van der Waals surface area (Å²) in [6, 6.07) is 0. The molecule has 1 rings (SSSR count). The van der Waals surface area contributed by atoms with E-state index in [1.54, 1.807) is 6.08 Å². The van der Waals surface area contributed by atoms with Crippen molar-refractivity contribution in [1.29, 1.82) is 0 Å². The Hall–Kier alpha value is -1.64. The molecule has 0 spiro atoms. The largest absolute Gasteiger partial charge is 0.488 e. The van der Waals surface area contributed by atoms with Gasteiger partial charge in [-0.2, -0.15) is 0 Å². The van der Waals surface area contributed by atoms with Crippen LogP contribution in [0.5, 0.6) is 5.75 Å². The number of aryl methyl sites for hydroxylation is 2. The van der Waals surface area contributed by atoms with E-state index in [-0.39, 0.29) is 0 Å². The predicted molar refractivity (Wildman–Crippen MR) is 64.2 cm³/mol. The summed E-state index contributed by atoms with van der Waals surface area (Å²) >= 11 is 0. The molecule has 0 saturated carbocycles. The second-order valence-corrected chi connectivity index (χ2v) is 3.58. The van der Waals surface area contributed by atoms with Gasteiger partial charge in [0.2, 0.25) is 0 Å². The normalized spacial score (nSPS) is 9.94. The fraction of sp³-hybridized carbons (Fsp3) is 0.385. The first-order valence-electron chi connectivity index (χ1n) is 5.34. The summed E-state index contributed by atoms with van der Waals surface area (Å²) < 4.78 is 5.54. The second-order valence-electron chi connectivity index (χ2n) is 3.58. The van der Waals surface area contributed by atoms with Gasteiger partial charge in [0.15, 0.2) is 6.29 Å². The topological polar surface area (TPSA) is 39.2 Å². The lowest BCUT2D eigenvalue weighted by Crippen LogP contribution is -2.07. The van der Waals surface area contributed by atoms with E-state index in [4.69, 9.17) is 4.74 Å². The number of hydrogen-bond donors (Lipinski definition) is 0. The summed E-state index contributed by atoms with van der Waals surface area (Å²) in [5.74, 6) is 0.638. The van der Waals surface area contributed by atoms with Crippen LogP contribution in [-0.4, -0.2) is 17.9 Å². The summed E-state index contributed by atoms with van der Waals surface area (Å²) in [7, 11) is 0. The van der Waals surface area contributed by atoms with Gasteiger partial charge in [-0.15, -0.1) is 0 Å². The van der Waals surface area contributed by atoms with Gasteiger partial charge >= 0.3 is 0 Å². The standard InChI is InChI=1S/C13H17NO2/c1-5-7-16-13-9(3)10(4)14-12(6-2)11(13)8-15/h5,8H,1,6-7H2,2-4H3. The Kier molecular flexibility index (Phi) is 4.23. The van der Waals surface area contributed by atoms with Gasteiger partial charge in [-0.25, -0.2) is 0 Å². The average molecular weight is 219 g/mol. The highest BCUT2D eigenvalue weighted by molar-refractivity contribution is 5.82. The Morgan fingerprint density at radius 3 is 2.62 bits per heavy atom. The highest BCUT2D eigenvalue weighted by atomic mass is 16.5. The third-order valence-electron chi connectivity index (χ3n) is 2.54. The lowest BCUT2D eigenvalue weighted by Gasteiger charge is -2.14. The Labute approximate surface area is 96.2 Å². The molecule has 16 heavy (non-hydrogen) atoms. The lowest BCUT2D eigenvalue weighted by molar-refractivity contribution is 0.111. The van der Waals surface area contributed by atoms with Gasteiger partial charge in [0.1, 0.15) is 12.4 Å². The quantitative estimate of drug-likeness (QED) is 0.564. The van der Waals surface area contributed by atoms with Crippen LogP contribution in [0.2, 0.25) is 0 Å². The van der Waals surface area contributed by atoms with E-state index in [2.05, 4.69) is 11.6 Å². The van der Waals surface area contributed by atoms with Gasteiger partial charge < -0.3 is 4.74 Å². The maximum absolute atomic E-state index is 11.1. The highest BCUT2D eigenvalue weighted by Crippen LogP contribution is 2.26. The molecule has 0 aliphatic heterocycles. The minimum atomic E-state index is 0.397. The number of rotatable bonds is 5. The van der Waals surface area contributed by atoms with E-state index in [0.29, 0.717) is 17.9 Å². The van der Waals surface area contributed by atoms with Crippen LogP contribution in [-0.2, 0) is 6.42 Å². The van der Waals surface area contributed by atoms with Gasteiger partial charge in [0.25, 0.3) is 0 Å². The van der Waals surface area contributed by atoms with Crippen LogP contribution < -0.4 is 4.74 Å². The zero-order chi connectivity index (χ0) is 12.1. The molecule has 3 heteroatoms. The molecule has 0 N–H and O–H groups in total. The zero-order valence-electron chi connectivity index (χ0n) is 10.0. The molecule has 1 aromatic heterocycles. The van der Waals surface area contributed by atoms with Crippen LogP contribution >= 0.6 is 0 Å². The van der Waals surface area contributed by atoms with E-state index >= 15 is 0 Å². The van der Waals surface area contributed by atoms with Gasteiger partial charge in [0.05, 0.1) is 11.3 Å². The number of aromatic nitrogens is 1. The average Bonchev–Trinajstić information content (AvgIpc) is 2.30. The van der Waals surface area contributed by atoms with Crippen molar-refractivity contribution in [3.05, 3.63) is 35.2 Å². The molecule has 0 unspecified atom stereocenters. The number of hydrogen-bond acceptors (Lipinski definition) is 3. The van der Waals surface area contributed by atoms with Crippen molar-refractivity contribution in [2.24, 2.45) is 0 Å². The van der Waals surface area contributed by atoms with Gasteiger partial charge in [0, 0.05) is 11.3 Å². The fourth-order valence-electron chi connectivity index (χ4n) is 1.56. The first kappa shape index (κ1) is 12.4. The maximum Gasteiger partial charge on any atom is 0.155 e. The molecule has 3 nitrogen and oxygen atoms in total. The second kappa shape index (κ2) is 5.45. The van der Waals surface area contributed by atoms with Gasteiger partial charge in [-0.3, -0.25) is 9.78 Å². The molecule has 0 amide bonds. The summed E-state index contributed by atoms with van der Waals surface area (Å²) in [6.07, 6.45) is 3.20. The van der Waals surface area contributed by atoms with Crippen LogP contribution in [0.15, 0.2) is 12.7 Å². The van der Waals surface area contributed by atoms with E-state index in [1.807, 2.05) is 20.8 Å². The monoisotopic (exact) mass is 219 g/mol. The van der Waals surface area contributed by atoms with Crippen LogP contribution in [0, 0.1) is 13.8 Å². The fourth-order valence-corrected chi connectivity index (χ4v) is 1.56. The molecule has 0 atom stereocenters. The van der Waals surface area contributed by atoms with Crippen molar-refractivity contribution in [1.82, 2.24) is 4.98 Å². The number of nitrogens with zero attached hydrogens (tertiary/aromatic N) is 1. The Morgan fingerprint density at radius 1 is 1.44 bits per heavy atom. The van der Waals surface area contributed by atoms with E-state index in [9.17, 15) is 4.79 Å². The van der Waals surface area contributed by atoms with Crippen molar-refractivity contribution in [3.8, 4) is 5.75 Å². The predicted octanol–water partition coefficient (Wildman–Crippen LogP) is 2.64. The third kappa shape index (κ3) is 2.30. The molecular weight excluding hydrogens is 202 g/mol. The lowest BCUT2D eigenvalue weighted by atomic mass is 10.1. The van der Waals surface area contributed by atoms with E-state index < -0.39 is 0 Å². The van der Waals surface area contributed by atoms with Crippen molar-refractivity contribution >= 4 is 6.29 Å². The molecule has 0 saturated heterocycles. The Balaban J connectivity index is 3.33. The first-order valence-corrected chi connectivity index (χ1v) is 5.34. The number of aldehydes is 1. The SMILES string of the molecule is C=CCOc1c(C)c(C)nc(CC)c1C=O. The van der Waals surface area contributed by atoms with Gasteiger partial charge in [-0.1, -0.05) is 19.6 Å². The summed E-state index contributed by atoms with van der Waals surface area (Å²) in [6.45, 7) is 9.80. The molecule has 0 aliphatic carbocycles. The van der Waals surface area contributed by atoms with Crippen molar-refractivity contribution in [2.45, 2.75) is 27.2 Å². The summed E-state index contributed by atoms with van der Waals surface area (Å²) in [4.78, 5) is 15.5. The van der Waals surface area contributed by atoms with Crippen LogP contribution in [0.4, 0.5) is 0 Å². The zero-order valence-corrected chi connectivity index (χ0v) is 10.0. The molecule has 0 aromatic carbocycles. The Morgan fingerprint density at radius 2 is 2.12 bits per heavy atom. The number of carbonyl (C=O) groups excluding carboxylic acids is 1. The summed E-state index contributed by atoms with van der Waals surface area (Å²) in [5.41, 5.74) is 3.17. The molecule has 1 heterocycles. The smallest absolute Gasteiger partial charge is 0.155 e. The summed E-state index contributed by atoms with van der Waals surface area (Å²) in [5, 5.41) is 0. The number of carbonyl (C=O) groups is 1. The van der Waals surface area contributed by atoms with E-state index in [1.165, 1.54) is 0 Å². The highest BCUT2D eigenvalue weighted by Gasteiger charge is 2.14. The molecule has 0 bridgehead atoms. The van der Waals surface area contributed by atoms with E-state index in [0.717, 1.165) is 29.7 Å². The van der Waals surface area contributed by atoms with Crippen molar-refractivity contribution in [3.63, 3.8) is 0 Å². The number of pyridine rings is 1. The van der Waals surface area contributed by atoms with Crippen LogP contribution in [0.3, 0.4) is 0 Å². The van der Waals surface area contributed by atoms with Crippen LogP contribution in [0.25, 0.3) is 0 Å². The minimum Gasteiger partial charge on any atom is -0.488 e. The minimum absolute atomic E-state index is 0.397. The third-order valence-corrected chi connectivity index (χ3v) is 2.54. The van der Waals surface area contributed by atoms with Gasteiger partial charge in [-0.05, 0) is 20.3 Å². The maximum atomic E-state index is 11.1. The van der Waals surface area contributed by atoms with Crippen molar-refractivity contribution in [2.75, 3.05) is 6.61 Å². The number of ether oxygens (including phenoxy) is 1. The van der Waals surface area contributed by atoms with Crippen LogP contribution in [0.1, 0.15) is 34.2 Å². The molecule has 0 radical (unpaired) electrons. The Bertz CT molecular complexity index is 411. The molecule has 0 aliphatic rings. The molecule has 86 valence electrons. The molecular formula is C13H17NO2.